The number of benzene rings is 1. The van der Waals surface area contributed by atoms with Crippen LogP contribution in [0.25, 0.3) is 0 Å². The first kappa shape index (κ1) is 36.4. The van der Waals surface area contributed by atoms with Crippen LogP contribution in [0.1, 0.15) is 96.9 Å². The first-order chi connectivity index (χ1) is 19.5. The summed E-state index contributed by atoms with van der Waals surface area (Å²) >= 11 is 0. The molecule has 4 amide bonds. The molecule has 0 heterocycles. The van der Waals surface area contributed by atoms with Crippen molar-refractivity contribution in [2.24, 2.45) is 11.7 Å². The van der Waals surface area contributed by atoms with Crippen LogP contribution in [0.2, 0.25) is 0 Å². The Morgan fingerprint density at radius 3 is 2.21 bits per heavy atom. The minimum Gasteiger partial charge on any atom is -0.466 e. The third-order valence-electron chi connectivity index (χ3n) is 6.48. The number of carbonyl (C=O) groups is 5. The molecule has 11 nitrogen and oxygen atoms in total. The van der Waals surface area contributed by atoms with Gasteiger partial charge in [0.2, 0.25) is 17.7 Å². The van der Waals surface area contributed by atoms with E-state index in [1.807, 2.05) is 39.0 Å². The largest absolute Gasteiger partial charge is 0.466 e. The average molecular weight is 591 g/mol. The minimum absolute atomic E-state index is 0.00229. The van der Waals surface area contributed by atoms with Gasteiger partial charge in [0.15, 0.2) is 0 Å². The summed E-state index contributed by atoms with van der Waals surface area (Å²) in [5.41, 5.74) is 6.88. The summed E-state index contributed by atoms with van der Waals surface area (Å²) in [4.78, 5) is 66.4. The molecule has 0 aromatic heterocycles. The number of nitrogens with zero attached hydrogens (tertiary/aromatic N) is 1. The number of aryl methyl sites for hydroxylation is 2. The number of nitrogens with one attached hydrogen (secondary N) is 2. The molecule has 3 atom stereocenters. The van der Waals surface area contributed by atoms with Crippen molar-refractivity contribution in [2.75, 3.05) is 13.2 Å². The maximum atomic E-state index is 14.3. The van der Waals surface area contributed by atoms with Crippen molar-refractivity contribution in [3.63, 3.8) is 0 Å². The van der Waals surface area contributed by atoms with Gasteiger partial charge in [-0.2, -0.15) is 0 Å². The zero-order valence-corrected chi connectivity index (χ0v) is 26.7. The Bertz CT molecular complexity index is 1100. The second kappa shape index (κ2) is 16.7. The van der Waals surface area contributed by atoms with Crippen molar-refractivity contribution >= 4 is 29.8 Å². The standard InChI is InChI=1S/C31H50N4O7/c1-10-41-26(37)15-16-33-28(38)27(23-17-20(4)12-13-21(23)5)35(22(6)14-11-19(2)3)29(39)24(18-25(32)36)34-30(40)42-31(7,8)9/h12-13,17,19,22,24,27H,10-11,14-16,18H2,1-9H3,(H2,32,36)(H,33,38)(H,34,40). The van der Waals surface area contributed by atoms with Crippen molar-refractivity contribution in [3.05, 3.63) is 34.9 Å². The number of ether oxygens (including phenoxy) is 2. The highest BCUT2D eigenvalue weighted by Gasteiger charge is 2.40. The number of amides is 4. The SMILES string of the molecule is CCOC(=O)CCNC(=O)C(c1cc(C)ccc1C)N(C(=O)C(CC(N)=O)NC(=O)OC(C)(C)C)C(C)CCC(C)C. The van der Waals surface area contributed by atoms with Crippen molar-refractivity contribution in [1.82, 2.24) is 15.5 Å². The quantitative estimate of drug-likeness (QED) is 0.262. The molecule has 4 N–H and O–H groups in total. The molecule has 236 valence electrons. The van der Waals surface area contributed by atoms with E-state index >= 15 is 0 Å². The summed E-state index contributed by atoms with van der Waals surface area (Å²) < 4.78 is 10.3. The van der Waals surface area contributed by atoms with Gasteiger partial charge in [-0.05, 0) is 78.4 Å². The Balaban J connectivity index is 3.67. The molecule has 0 saturated heterocycles. The van der Waals surface area contributed by atoms with E-state index in [9.17, 15) is 24.0 Å². The molecule has 1 aromatic carbocycles. The Kier molecular flexibility index (Phi) is 14.5. The van der Waals surface area contributed by atoms with Gasteiger partial charge in [0.05, 0.1) is 19.4 Å². The third-order valence-corrected chi connectivity index (χ3v) is 6.48. The predicted octanol–water partition coefficient (Wildman–Crippen LogP) is 3.84. The van der Waals surface area contributed by atoms with E-state index in [0.717, 1.165) is 17.5 Å². The summed E-state index contributed by atoms with van der Waals surface area (Å²) in [6.07, 6.45) is -0.111. The Hall–Kier alpha value is -3.63. The summed E-state index contributed by atoms with van der Waals surface area (Å²) in [7, 11) is 0. The van der Waals surface area contributed by atoms with E-state index in [4.69, 9.17) is 15.2 Å². The average Bonchev–Trinajstić information content (AvgIpc) is 2.85. The molecule has 3 unspecified atom stereocenters. The second-order valence-corrected chi connectivity index (χ2v) is 12.0. The lowest BCUT2D eigenvalue weighted by molar-refractivity contribution is -0.146. The summed E-state index contributed by atoms with van der Waals surface area (Å²) in [6, 6.07) is 2.63. The van der Waals surface area contributed by atoms with E-state index in [-0.39, 0.29) is 19.6 Å². The normalized spacial score (nSPS) is 13.5. The fourth-order valence-corrected chi connectivity index (χ4v) is 4.43. The summed E-state index contributed by atoms with van der Waals surface area (Å²) in [5.74, 6) is -2.10. The molecule has 0 radical (unpaired) electrons. The van der Waals surface area contributed by atoms with Gasteiger partial charge in [-0.15, -0.1) is 0 Å². The fourth-order valence-electron chi connectivity index (χ4n) is 4.43. The summed E-state index contributed by atoms with van der Waals surface area (Å²) in [6.45, 7) is 16.6. The van der Waals surface area contributed by atoms with Crippen LogP contribution >= 0.6 is 0 Å². The number of primary amides is 1. The van der Waals surface area contributed by atoms with Crippen LogP contribution in [0.15, 0.2) is 18.2 Å². The number of esters is 1. The molecular formula is C31H50N4O7. The lowest BCUT2D eigenvalue weighted by Crippen LogP contribution is -2.56. The predicted molar refractivity (Wildman–Crippen MR) is 160 cm³/mol. The van der Waals surface area contributed by atoms with Gasteiger partial charge in [0.25, 0.3) is 0 Å². The van der Waals surface area contributed by atoms with Crippen LogP contribution in [0.5, 0.6) is 0 Å². The highest BCUT2D eigenvalue weighted by atomic mass is 16.6. The Labute approximate surface area is 250 Å². The molecule has 1 aromatic rings. The number of carbonyl (C=O) groups excluding carboxylic acids is 5. The maximum Gasteiger partial charge on any atom is 0.408 e. The topological polar surface area (TPSA) is 157 Å². The zero-order chi connectivity index (χ0) is 32.2. The molecule has 0 saturated carbocycles. The lowest BCUT2D eigenvalue weighted by Gasteiger charge is -2.39. The van der Waals surface area contributed by atoms with Gasteiger partial charge in [-0.3, -0.25) is 19.2 Å². The molecule has 0 bridgehead atoms. The van der Waals surface area contributed by atoms with Crippen molar-refractivity contribution < 1.29 is 33.4 Å². The fraction of sp³-hybridized carbons (Fsp3) is 0.645. The van der Waals surface area contributed by atoms with Crippen LogP contribution in [0, 0.1) is 19.8 Å². The van der Waals surface area contributed by atoms with E-state index in [0.29, 0.717) is 17.9 Å². The highest BCUT2D eigenvalue weighted by molar-refractivity contribution is 5.95. The van der Waals surface area contributed by atoms with Crippen molar-refractivity contribution in [1.29, 1.82) is 0 Å². The number of nitrogens with two attached hydrogens (primary N) is 1. The van der Waals surface area contributed by atoms with Crippen LogP contribution < -0.4 is 16.4 Å². The number of alkyl carbamates (subject to hydrolysis) is 1. The molecular weight excluding hydrogens is 540 g/mol. The van der Waals surface area contributed by atoms with Crippen LogP contribution in [-0.4, -0.2) is 65.5 Å². The van der Waals surface area contributed by atoms with Crippen molar-refractivity contribution in [3.8, 4) is 0 Å². The van der Waals surface area contributed by atoms with E-state index in [1.54, 1.807) is 27.7 Å². The molecule has 11 heteroatoms. The minimum atomic E-state index is -1.38. The highest BCUT2D eigenvalue weighted by Crippen LogP contribution is 2.30. The van der Waals surface area contributed by atoms with Gasteiger partial charge in [-0.1, -0.05) is 37.6 Å². The molecule has 0 aliphatic heterocycles. The van der Waals surface area contributed by atoms with Gasteiger partial charge >= 0.3 is 12.1 Å². The molecule has 42 heavy (non-hydrogen) atoms. The van der Waals surface area contributed by atoms with Gasteiger partial charge in [0, 0.05) is 12.6 Å². The molecule has 0 spiro atoms. The van der Waals surface area contributed by atoms with Crippen LogP contribution in [0.4, 0.5) is 4.79 Å². The monoisotopic (exact) mass is 590 g/mol. The first-order valence-electron chi connectivity index (χ1n) is 14.6. The maximum absolute atomic E-state index is 14.3. The number of hydrogen-bond acceptors (Lipinski definition) is 7. The van der Waals surface area contributed by atoms with Gasteiger partial charge in [-0.25, -0.2) is 4.79 Å². The number of rotatable bonds is 15. The Morgan fingerprint density at radius 1 is 1.02 bits per heavy atom. The molecule has 0 fully saturated rings. The molecule has 0 aliphatic carbocycles. The van der Waals surface area contributed by atoms with Gasteiger partial charge < -0.3 is 30.7 Å². The Morgan fingerprint density at radius 2 is 1.67 bits per heavy atom. The smallest absolute Gasteiger partial charge is 0.408 e. The number of hydrogen-bond donors (Lipinski definition) is 3. The van der Waals surface area contributed by atoms with Crippen LogP contribution in [-0.2, 0) is 28.7 Å². The van der Waals surface area contributed by atoms with Crippen molar-refractivity contribution in [2.45, 2.75) is 112 Å². The molecule has 1 rings (SSSR count). The third kappa shape index (κ3) is 12.5. The van der Waals surface area contributed by atoms with Crippen LogP contribution in [0.3, 0.4) is 0 Å². The van der Waals surface area contributed by atoms with E-state index in [1.165, 1.54) is 4.90 Å². The zero-order valence-electron chi connectivity index (χ0n) is 26.7. The first-order valence-corrected chi connectivity index (χ1v) is 14.6. The van der Waals surface area contributed by atoms with Gasteiger partial charge in [0.1, 0.15) is 17.7 Å². The van der Waals surface area contributed by atoms with E-state index in [2.05, 4.69) is 24.5 Å². The lowest BCUT2D eigenvalue weighted by atomic mass is 9.93. The summed E-state index contributed by atoms with van der Waals surface area (Å²) in [5, 5.41) is 5.29. The van der Waals surface area contributed by atoms with E-state index < -0.39 is 59.9 Å². The second-order valence-electron chi connectivity index (χ2n) is 12.0. The molecule has 0 aliphatic rings.